The number of likely N-dealkylation sites (tertiary alicyclic amines) is 1. The van der Waals surface area contributed by atoms with Gasteiger partial charge in [0.2, 0.25) is 0 Å². The van der Waals surface area contributed by atoms with E-state index in [9.17, 15) is 9.59 Å². The smallest absolute Gasteiger partial charge is 0.317 e. The molecular weight excluding hydrogens is 546 g/mol. The minimum Gasteiger partial charge on any atom is -0.480 e. The van der Waals surface area contributed by atoms with Crippen molar-refractivity contribution in [3.63, 3.8) is 0 Å². The van der Waals surface area contributed by atoms with E-state index in [1.165, 1.54) is 30.4 Å². The monoisotopic (exact) mass is 575 g/mol. The van der Waals surface area contributed by atoms with Gasteiger partial charge < -0.3 is 10.0 Å². The molecule has 202 valence electrons. The first-order chi connectivity index (χ1) is 18.3. The Morgan fingerprint density at radius 1 is 1.18 bits per heavy atom. The van der Waals surface area contributed by atoms with Gasteiger partial charge in [0.25, 0.3) is 5.91 Å². The van der Waals surface area contributed by atoms with Crippen LogP contribution in [0.25, 0.3) is 10.6 Å². The summed E-state index contributed by atoms with van der Waals surface area (Å²) in [6, 6.07) is 2.51. The highest BCUT2D eigenvalue weighted by Gasteiger charge is 2.27. The number of carboxylic acid groups (broad SMARTS) is 1. The first-order valence-corrected chi connectivity index (χ1v) is 14.7. The van der Waals surface area contributed by atoms with Crippen LogP contribution >= 0.6 is 34.3 Å². The van der Waals surface area contributed by atoms with Crippen molar-refractivity contribution in [2.45, 2.75) is 45.3 Å². The Labute approximate surface area is 234 Å². The molecule has 0 aromatic carbocycles. The molecule has 38 heavy (non-hydrogen) atoms. The van der Waals surface area contributed by atoms with Crippen LogP contribution in [0.2, 0.25) is 5.02 Å². The number of aliphatic carboxylic acids is 1. The number of aromatic nitrogens is 3. The number of hydrogen-bond acceptors (Lipinski definition) is 10. The Kier molecular flexibility index (Phi) is 8.24. The quantitative estimate of drug-likeness (QED) is 0.409. The number of hydrogen-bond donors (Lipinski definition) is 2. The van der Waals surface area contributed by atoms with Gasteiger partial charge in [-0.2, -0.15) is 0 Å². The molecule has 0 aliphatic carbocycles. The Bertz CT molecular complexity index is 1300. The van der Waals surface area contributed by atoms with Gasteiger partial charge in [0, 0.05) is 48.5 Å². The van der Waals surface area contributed by atoms with Gasteiger partial charge in [-0.3, -0.25) is 24.7 Å². The summed E-state index contributed by atoms with van der Waals surface area (Å²) in [6.07, 6.45) is 5.45. The van der Waals surface area contributed by atoms with Crippen molar-refractivity contribution < 1.29 is 14.7 Å². The number of nitrogens with one attached hydrogen (secondary N) is 1. The SMILES string of the molecule is C[C@@H]1CCCN1Cc1sc(NC(=O)c2cnc(N3CCN(CC(=O)O)C[C@H]3C)cn2)nc1-c1cc(Cl)cs1. The van der Waals surface area contributed by atoms with E-state index in [-0.39, 0.29) is 24.2 Å². The van der Waals surface area contributed by atoms with E-state index >= 15 is 0 Å². The molecule has 2 atom stereocenters. The molecule has 2 aliphatic rings. The van der Waals surface area contributed by atoms with Crippen LogP contribution in [0.3, 0.4) is 0 Å². The zero-order chi connectivity index (χ0) is 26.8. The minimum atomic E-state index is -0.829. The van der Waals surface area contributed by atoms with E-state index in [0.29, 0.717) is 41.6 Å². The molecule has 0 radical (unpaired) electrons. The number of nitrogens with zero attached hydrogens (tertiary/aromatic N) is 6. The number of halogens is 1. The van der Waals surface area contributed by atoms with Gasteiger partial charge in [0.15, 0.2) is 5.13 Å². The number of amides is 1. The summed E-state index contributed by atoms with van der Waals surface area (Å²) >= 11 is 9.22. The first kappa shape index (κ1) is 26.9. The molecule has 0 saturated carbocycles. The van der Waals surface area contributed by atoms with E-state index in [4.69, 9.17) is 21.7 Å². The van der Waals surface area contributed by atoms with Crippen LogP contribution in [0.1, 0.15) is 42.1 Å². The summed E-state index contributed by atoms with van der Waals surface area (Å²) < 4.78 is 0. The molecule has 0 spiro atoms. The van der Waals surface area contributed by atoms with Gasteiger partial charge in [-0.1, -0.05) is 22.9 Å². The number of rotatable bonds is 8. The average molecular weight is 576 g/mol. The maximum atomic E-state index is 13.0. The number of thiophene rings is 1. The van der Waals surface area contributed by atoms with Crippen molar-refractivity contribution in [3.05, 3.63) is 39.4 Å². The van der Waals surface area contributed by atoms with Crippen LogP contribution in [-0.4, -0.2) is 86.5 Å². The van der Waals surface area contributed by atoms with E-state index in [1.54, 1.807) is 17.5 Å². The number of piperazine rings is 1. The molecule has 3 aromatic rings. The predicted octanol–water partition coefficient (Wildman–Crippen LogP) is 4.15. The first-order valence-electron chi connectivity index (χ1n) is 12.6. The largest absolute Gasteiger partial charge is 0.480 e. The lowest BCUT2D eigenvalue weighted by Crippen LogP contribution is -2.53. The van der Waals surface area contributed by atoms with Crippen LogP contribution in [0, 0.1) is 0 Å². The fourth-order valence-electron chi connectivity index (χ4n) is 5.01. The van der Waals surface area contributed by atoms with Crippen molar-refractivity contribution in [2.75, 3.05) is 42.9 Å². The fourth-order valence-corrected chi connectivity index (χ4v) is 7.16. The summed E-state index contributed by atoms with van der Waals surface area (Å²) in [5, 5.41) is 15.0. The second-order valence-corrected chi connectivity index (χ2v) is 12.2. The molecule has 2 saturated heterocycles. The zero-order valence-electron chi connectivity index (χ0n) is 21.3. The maximum absolute atomic E-state index is 13.0. The predicted molar refractivity (Wildman–Crippen MR) is 150 cm³/mol. The second-order valence-electron chi connectivity index (χ2n) is 9.77. The molecule has 2 N–H and O–H groups in total. The van der Waals surface area contributed by atoms with Gasteiger partial charge in [-0.05, 0) is 39.3 Å². The van der Waals surface area contributed by atoms with Crippen molar-refractivity contribution >= 4 is 57.1 Å². The van der Waals surface area contributed by atoms with Crippen LogP contribution in [0.15, 0.2) is 23.8 Å². The van der Waals surface area contributed by atoms with Crippen molar-refractivity contribution in [3.8, 4) is 10.6 Å². The number of carboxylic acids is 1. The standard InChI is InChI=1S/C25H30ClN7O3S2/c1-15-4-3-5-32(15)12-20-23(19-8-17(26)14-37-19)29-25(38-20)30-24(36)18-9-28-21(10-27-18)33-7-6-31(11-16(33)2)13-22(34)35/h8-10,14-16H,3-7,11-13H2,1-2H3,(H,34,35)(H,29,30,36)/t15-,16-/m1/s1. The molecule has 2 fully saturated rings. The van der Waals surface area contributed by atoms with Crippen molar-refractivity contribution in [2.24, 2.45) is 0 Å². The van der Waals surface area contributed by atoms with Crippen LogP contribution in [0.5, 0.6) is 0 Å². The molecule has 13 heteroatoms. The third-order valence-electron chi connectivity index (χ3n) is 6.99. The molecule has 10 nitrogen and oxygen atoms in total. The van der Waals surface area contributed by atoms with E-state index in [2.05, 4.69) is 32.0 Å². The summed E-state index contributed by atoms with van der Waals surface area (Å²) in [5.41, 5.74) is 1.07. The van der Waals surface area contributed by atoms with Crippen LogP contribution in [0.4, 0.5) is 10.9 Å². The third-order valence-corrected chi connectivity index (χ3v) is 9.23. The van der Waals surface area contributed by atoms with E-state index in [0.717, 1.165) is 28.5 Å². The second kappa shape index (κ2) is 11.6. The lowest BCUT2D eigenvalue weighted by Gasteiger charge is -2.39. The Morgan fingerprint density at radius 2 is 2.03 bits per heavy atom. The number of carbonyl (C=O) groups excluding carboxylic acids is 1. The van der Waals surface area contributed by atoms with Crippen molar-refractivity contribution in [1.82, 2.24) is 24.8 Å². The highest BCUT2D eigenvalue weighted by Crippen LogP contribution is 2.37. The highest BCUT2D eigenvalue weighted by molar-refractivity contribution is 7.17. The third kappa shape index (κ3) is 6.15. The van der Waals surface area contributed by atoms with Crippen molar-refractivity contribution in [1.29, 1.82) is 0 Å². The summed E-state index contributed by atoms with van der Waals surface area (Å²) in [6.45, 7) is 8.03. The average Bonchev–Trinajstić information content (AvgIpc) is 3.59. The topological polar surface area (TPSA) is 115 Å². The Balaban J connectivity index is 1.28. The zero-order valence-corrected chi connectivity index (χ0v) is 23.7. The lowest BCUT2D eigenvalue weighted by atomic mass is 10.2. The summed E-state index contributed by atoms with van der Waals surface area (Å²) in [4.78, 5) is 46.2. The molecule has 2 aliphatic heterocycles. The minimum absolute atomic E-state index is 0.0275. The number of anilines is 2. The van der Waals surface area contributed by atoms with Gasteiger partial charge in [0.1, 0.15) is 11.5 Å². The molecule has 5 rings (SSSR count). The fraction of sp³-hybridized carbons (Fsp3) is 0.480. The molecule has 0 unspecified atom stereocenters. The molecule has 0 bridgehead atoms. The summed E-state index contributed by atoms with van der Waals surface area (Å²) in [5.74, 6) is -0.531. The molecular formula is C25H30ClN7O3S2. The van der Waals surface area contributed by atoms with Gasteiger partial charge in [-0.15, -0.1) is 11.3 Å². The van der Waals surface area contributed by atoms with Crippen LogP contribution in [-0.2, 0) is 11.3 Å². The highest BCUT2D eigenvalue weighted by atomic mass is 35.5. The molecule has 3 aromatic heterocycles. The molecule has 5 heterocycles. The van der Waals surface area contributed by atoms with E-state index in [1.807, 2.05) is 23.3 Å². The normalized spacial score (nSPS) is 20.7. The van der Waals surface area contributed by atoms with Gasteiger partial charge >= 0.3 is 5.97 Å². The number of thiazole rings is 1. The Hall–Kier alpha value is -2.64. The summed E-state index contributed by atoms with van der Waals surface area (Å²) in [7, 11) is 0. The van der Waals surface area contributed by atoms with Crippen LogP contribution < -0.4 is 10.2 Å². The van der Waals surface area contributed by atoms with Gasteiger partial charge in [-0.25, -0.2) is 15.0 Å². The lowest BCUT2D eigenvalue weighted by molar-refractivity contribution is -0.138. The molecule has 1 amide bonds. The van der Waals surface area contributed by atoms with Gasteiger partial charge in [0.05, 0.1) is 34.5 Å². The number of carbonyl (C=O) groups is 2. The maximum Gasteiger partial charge on any atom is 0.317 e. The van der Waals surface area contributed by atoms with E-state index < -0.39 is 5.97 Å². The Morgan fingerprint density at radius 3 is 2.66 bits per heavy atom.